The zero-order chi connectivity index (χ0) is 12.5. The van der Waals surface area contributed by atoms with Crippen LogP contribution in [-0.4, -0.2) is 42.0 Å². The van der Waals surface area contributed by atoms with Crippen LogP contribution in [0.2, 0.25) is 0 Å². The summed E-state index contributed by atoms with van der Waals surface area (Å²) in [5, 5.41) is 0. The smallest absolute Gasteiger partial charge is 0.123 e. The highest BCUT2D eigenvalue weighted by atomic mass is 19.1. The van der Waals surface area contributed by atoms with Gasteiger partial charge in [-0.25, -0.2) is 4.39 Å². The number of hydrogen-bond acceptors (Lipinski definition) is 2. The Morgan fingerprint density at radius 3 is 2.72 bits per heavy atom. The Labute approximate surface area is 108 Å². The van der Waals surface area contributed by atoms with E-state index in [1.54, 1.807) is 12.1 Å². The van der Waals surface area contributed by atoms with Crippen LogP contribution in [0.25, 0.3) is 0 Å². The lowest BCUT2D eigenvalue weighted by Crippen LogP contribution is -2.50. The van der Waals surface area contributed by atoms with Gasteiger partial charge in [-0.1, -0.05) is 12.1 Å². The number of rotatable bonds is 2. The van der Waals surface area contributed by atoms with Gasteiger partial charge in [0.2, 0.25) is 0 Å². The Morgan fingerprint density at radius 1 is 1.17 bits per heavy atom. The normalized spacial score (nSPS) is 27.1. The molecule has 3 rings (SSSR count). The number of benzene rings is 1. The minimum absolute atomic E-state index is 0.147. The third-order valence-electron chi connectivity index (χ3n) is 4.52. The fourth-order valence-electron chi connectivity index (χ4n) is 3.32. The van der Waals surface area contributed by atoms with E-state index in [0.717, 1.165) is 12.6 Å². The monoisotopic (exact) mass is 248 g/mol. The van der Waals surface area contributed by atoms with Gasteiger partial charge in [0.05, 0.1) is 0 Å². The van der Waals surface area contributed by atoms with Crippen LogP contribution >= 0.6 is 0 Å². The topological polar surface area (TPSA) is 6.48 Å². The SMILES string of the molecule is CC(c1ccc(F)cc1)N1CCN2CCCC2C1. The van der Waals surface area contributed by atoms with Gasteiger partial charge in [-0.3, -0.25) is 9.80 Å². The largest absolute Gasteiger partial charge is 0.298 e. The molecule has 0 saturated carbocycles. The van der Waals surface area contributed by atoms with Crippen molar-refractivity contribution >= 4 is 0 Å². The standard InChI is InChI=1S/C15H21FN2/c1-12(13-4-6-14(16)7-5-13)18-10-9-17-8-2-3-15(17)11-18/h4-7,12,15H,2-3,8-11H2,1H3. The van der Waals surface area contributed by atoms with Crippen LogP contribution in [0, 0.1) is 5.82 Å². The van der Waals surface area contributed by atoms with Crippen molar-refractivity contribution in [3.63, 3.8) is 0 Å². The Bertz CT molecular complexity index is 403. The fourth-order valence-corrected chi connectivity index (χ4v) is 3.32. The van der Waals surface area contributed by atoms with Crippen molar-refractivity contribution in [3.8, 4) is 0 Å². The minimum Gasteiger partial charge on any atom is -0.298 e. The molecule has 0 radical (unpaired) electrons. The summed E-state index contributed by atoms with van der Waals surface area (Å²) in [5.41, 5.74) is 1.22. The zero-order valence-corrected chi connectivity index (χ0v) is 11.0. The molecule has 2 aliphatic heterocycles. The van der Waals surface area contributed by atoms with E-state index in [1.165, 1.54) is 38.0 Å². The molecule has 2 nitrogen and oxygen atoms in total. The van der Waals surface area contributed by atoms with Gasteiger partial charge in [-0.05, 0) is 44.0 Å². The van der Waals surface area contributed by atoms with E-state index in [1.807, 2.05) is 12.1 Å². The summed E-state index contributed by atoms with van der Waals surface area (Å²) < 4.78 is 12.9. The summed E-state index contributed by atoms with van der Waals surface area (Å²) in [5.74, 6) is -0.147. The van der Waals surface area contributed by atoms with Crippen molar-refractivity contribution < 1.29 is 4.39 Å². The Balaban J connectivity index is 1.69. The van der Waals surface area contributed by atoms with Crippen molar-refractivity contribution in [2.45, 2.75) is 31.8 Å². The van der Waals surface area contributed by atoms with E-state index in [4.69, 9.17) is 0 Å². The first-order chi connectivity index (χ1) is 8.74. The molecule has 2 heterocycles. The van der Waals surface area contributed by atoms with E-state index >= 15 is 0 Å². The maximum atomic E-state index is 12.9. The lowest BCUT2D eigenvalue weighted by Gasteiger charge is -2.40. The molecule has 2 saturated heterocycles. The molecule has 2 atom stereocenters. The second-order valence-electron chi connectivity index (χ2n) is 5.55. The molecule has 3 heteroatoms. The number of piperazine rings is 1. The van der Waals surface area contributed by atoms with Gasteiger partial charge in [0, 0.05) is 31.7 Å². The van der Waals surface area contributed by atoms with Crippen LogP contribution in [0.4, 0.5) is 4.39 Å². The van der Waals surface area contributed by atoms with E-state index < -0.39 is 0 Å². The first-order valence-corrected chi connectivity index (χ1v) is 6.97. The highest BCUT2D eigenvalue weighted by molar-refractivity contribution is 5.19. The van der Waals surface area contributed by atoms with Crippen LogP contribution in [0.15, 0.2) is 24.3 Å². The first kappa shape index (κ1) is 12.1. The lowest BCUT2D eigenvalue weighted by atomic mass is 10.0. The fraction of sp³-hybridized carbons (Fsp3) is 0.600. The molecule has 98 valence electrons. The summed E-state index contributed by atoms with van der Waals surface area (Å²) in [4.78, 5) is 5.16. The minimum atomic E-state index is -0.147. The second-order valence-corrected chi connectivity index (χ2v) is 5.55. The van der Waals surface area contributed by atoms with Gasteiger partial charge < -0.3 is 0 Å². The van der Waals surface area contributed by atoms with Crippen LogP contribution in [-0.2, 0) is 0 Å². The molecular formula is C15H21FN2. The molecule has 1 aromatic rings. The van der Waals surface area contributed by atoms with Gasteiger partial charge in [0.1, 0.15) is 5.82 Å². The molecule has 0 spiro atoms. The van der Waals surface area contributed by atoms with Crippen molar-refractivity contribution in [1.82, 2.24) is 9.80 Å². The second kappa shape index (κ2) is 4.98. The summed E-state index contributed by atoms with van der Waals surface area (Å²) in [7, 11) is 0. The number of fused-ring (bicyclic) bond motifs is 1. The third-order valence-corrected chi connectivity index (χ3v) is 4.52. The van der Waals surface area contributed by atoms with Gasteiger partial charge in [-0.2, -0.15) is 0 Å². The van der Waals surface area contributed by atoms with Crippen molar-refractivity contribution in [2.24, 2.45) is 0 Å². The van der Waals surface area contributed by atoms with Gasteiger partial charge in [-0.15, -0.1) is 0 Å². The molecular weight excluding hydrogens is 227 g/mol. The summed E-state index contributed by atoms with van der Waals surface area (Å²) in [6, 6.07) is 8.12. The Kier molecular flexibility index (Phi) is 3.35. The van der Waals surface area contributed by atoms with Gasteiger partial charge in [0.25, 0.3) is 0 Å². The summed E-state index contributed by atoms with van der Waals surface area (Å²) in [6.07, 6.45) is 2.69. The third kappa shape index (κ3) is 2.29. The van der Waals surface area contributed by atoms with Gasteiger partial charge >= 0.3 is 0 Å². The zero-order valence-electron chi connectivity index (χ0n) is 11.0. The molecule has 2 unspecified atom stereocenters. The molecule has 0 aromatic heterocycles. The van der Waals surface area contributed by atoms with E-state index in [9.17, 15) is 4.39 Å². The van der Waals surface area contributed by atoms with Crippen LogP contribution in [0.5, 0.6) is 0 Å². The number of nitrogens with zero attached hydrogens (tertiary/aromatic N) is 2. The van der Waals surface area contributed by atoms with Crippen LogP contribution in [0.1, 0.15) is 31.4 Å². The molecule has 1 aromatic carbocycles. The van der Waals surface area contributed by atoms with Crippen molar-refractivity contribution in [2.75, 3.05) is 26.2 Å². The average molecular weight is 248 g/mol. The number of hydrogen-bond donors (Lipinski definition) is 0. The van der Waals surface area contributed by atoms with E-state index in [-0.39, 0.29) is 5.82 Å². The molecule has 0 N–H and O–H groups in total. The van der Waals surface area contributed by atoms with Gasteiger partial charge in [0.15, 0.2) is 0 Å². The molecule has 2 aliphatic rings. The van der Waals surface area contributed by atoms with E-state index in [2.05, 4.69) is 16.7 Å². The van der Waals surface area contributed by atoms with Crippen LogP contribution in [0.3, 0.4) is 0 Å². The highest BCUT2D eigenvalue weighted by Crippen LogP contribution is 2.27. The highest BCUT2D eigenvalue weighted by Gasteiger charge is 2.32. The van der Waals surface area contributed by atoms with E-state index in [0.29, 0.717) is 6.04 Å². The number of halogens is 1. The van der Waals surface area contributed by atoms with Crippen molar-refractivity contribution in [3.05, 3.63) is 35.6 Å². The molecule has 18 heavy (non-hydrogen) atoms. The molecule has 0 bridgehead atoms. The maximum Gasteiger partial charge on any atom is 0.123 e. The van der Waals surface area contributed by atoms with Crippen molar-refractivity contribution in [1.29, 1.82) is 0 Å². The Morgan fingerprint density at radius 2 is 1.94 bits per heavy atom. The summed E-state index contributed by atoms with van der Waals surface area (Å²) >= 11 is 0. The quantitative estimate of drug-likeness (QED) is 0.794. The Hall–Kier alpha value is -0.930. The molecule has 0 amide bonds. The first-order valence-electron chi connectivity index (χ1n) is 6.97. The lowest BCUT2D eigenvalue weighted by molar-refractivity contribution is 0.0770. The van der Waals surface area contributed by atoms with Crippen LogP contribution < -0.4 is 0 Å². The summed E-state index contributed by atoms with van der Waals surface area (Å²) in [6.45, 7) is 7.01. The maximum absolute atomic E-state index is 12.9. The predicted octanol–water partition coefficient (Wildman–Crippen LogP) is 2.67. The molecule has 0 aliphatic carbocycles. The average Bonchev–Trinajstić information content (AvgIpc) is 2.86. The predicted molar refractivity (Wildman–Crippen MR) is 71.0 cm³/mol. The molecule has 2 fully saturated rings.